The third-order valence-electron chi connectivity index (χ3n) is 5.34. The third-order valence-corrected chi connectivity index (χ3v) is 5.34. The van der Waals surface area contributed by atoms with Gasteiger partial charge in [0.1, 0.15) is 0 Å². The molecule has 8 nitrogen and oxygen atoms in total. The second-order valence-electron chi connectivity index (χ2n) is 7.20. The average molecular weight is 419 g/mol. The molecule has 0 aliphatic rings. The Hall–Kier alpha value is -3.65. The number of amides is 1. The van der Waals surface area contributed by atoms with Gasteiger partial charge in [-0.1, -0.05) is 44.2 Å². The summed E-state index contributed by atoms with van der Waals surface area (Å²) in [6.45, 7) is 7.69. The van der Waals surface area contributed by atoms with Crippen LogP contribution in [0.15, 0.2) is 60.8 Å². The van der Waals surface area contributed by atoms with Gasteiger partial charge in [0.15, 0.2) is 11.4 Å². The largest absolute Gasteiger partial charge is 0.504 e. The predicted octanol–water partition coefficient (Wildman–Crippen LogP) is 3.52. The molecule has 0 fully saturated rings. The molecular weight excluding hydrogens is 392 g/mol. The lowest BCUT2D eigenvalue weighted by Crippen LogP contribution is -2.27. The number of hydrogen-bond donors (Lipinski definition) is 2. The number of carbonyl (C=O) groups is 1. The Bertz CT molecular complexity index is 1180. The topological polar surface area (TPSA) is 88.2 Å². The van der Waals surface area contributed by atoms with Crippen LogP contribution in [0.3, 0.4) is 0 Å². The quantitative estimate of drug-likeness (QED) is 0.457. The number of para-hydroxylation sites is 3. The molecule has 2 aromatic carbocycles. The molecule has 8 heteroatoms. The SMILES string of the molecule is CCN(CC)CCn1c(NC(=O)c2nn(-c3ccccc3)cc2O)nc2ccccc21. The fraction of sp³-hybridized carbons (Fsp3) is 0.261. The summed E-state index contributed by atoms with van der Waals surface area (Å²) in [7, 11) is 0. The van der Waals surface area contributed by atoms with E-state index in [0.29, 0.717) is 12.5 Å². The van der Waals surface area contributed by atoms with Gasteiger partial charge in [0.25, 0.3) is 5.91 Å². The Morgan fingerprint density at radius 2 is 1.77 bits per heavy atom. The second kappa shape index (κ2) is 9.01. The van der Waals surface area contributed by atoms with Crippen molar-refractivity contribution in [2.45, 2.75) is 20.4 Å². The van der Waals surface area contributed by atoms with Gasteiger partial charge in [0, 0.05) is 13.1 Å². The van der Waals surface area contributed by atoms with Crippen LogP contribution in [-0.4, -0.2) is 54.9 Å². The molecule has 0 aliphatic carbocycles. The van der Waals surface area contributed by atoms with Crippen LogP contribution in [0.2, 0.25) is 0 Å². The van der Waals surface area contributed by atoms with Crippen LogP contribution in [0.5, 0.6) is 5.75 Å². The Morgan fingerprint density at radius 3 is 2.52 bits per heavy atom. The van der Waals surface area contributed by atoms with Crippen LogP contribution in [0.4, 0.5) is 5.95 Å². The minimum atomic E-state index is -0.508. The molecular formula is C23H26N6O2. The summed E-state index contributed by atoms with van der Waals surface area (Å²) in [5.74, 6) is -0.259. The lowest BCUT2D eigenvalue weighted by molar-refractivity contribution is 0.101. The van der Waals surface area contributed by atoms with E-state index in [1.54, 1.807) is 0 Å². The van der Waals surface area contributed by atoms with Gasteiger partial charge in [0.2, 0.25) is 5.95 Å². The van der Waals surface area contributed by atoms with E-state index in [1.807, 2.05) is 59.2 Å². The normalized spacial score (nSPS) is 11.3. The van der Waals surface area contributed by atoms with Crippen LogP contribution in [-0.2, 0) is 6.54 Å². The molecule has 1 amide bonds. The van der Waals surface area contributed by atoms with E-state index in [9.17, 15) is 9.90 Å². The molecule has 4 rings (SSSR count). The maximum absolute atomic E-state index is 12.9. The van der Waals surface area contributed by atoms with Crippen molar-refractivity contribution in [2.75, 3.05) is 25.0 Å². The van der Waals surface area contributed by atoms with Crippen molar-refractivity contribution >= 4 is 22.9 Å². The molecule has 0 aliphatic heterocycles. The molecule has 2 heterocycles. The number of aromatic nitrogens is 4. The van der Waals surface area contributed by atoms with Gasteiger partial charge in [-0.25, -0.2) is 9.67 Å². The number of imidazole rings is 1. The van der Waals surface area contributed by atoms with Crippen molar-refractivity contribution in [3.63, 3.8) is 0 Å². The highest BCUT2D eigenvalue weighted by Gasteiger charge is 2.20. The minimum Gasteiger partial charge on any atom is -0.504 e. The summed E-state index contributed by atoms with van der Waals surface area (Å²) >= 11 is 0. The third kappa shape index (κ3) is 4.29. The first-order valence-corrected chi connectivity index (χ1v) is 10.4. The van der Waals surface area contributed by atoms with E-state index in [4.69, 9.17) is 0 Å². The summed E-state index contributed by atoms with van der Waals surface area (Å²) in [6.07, 6.45) is 1.42. The monoisotopic (exact) mass is 418 g/mol. The van der Waals surface area contributed by atoms with Gasteiger partial charge in [0.05, 0.1) is 22.9 Å². The fourth-order valence-corrected chi connectivity index (χ4v) is 3.58. The Morgan fingerprint density at radius 1 is 1.06 bits per heavy atom. The summed E-state index contributed by atoms with van der Waals surface area (Å²) in [6, 6.07) is 17.1. The van der Waals surface area contributed by atoms with Gasteiger partial charge < -0.3 is 14.6 Å². The number of anilines is 1. The number of hydrogen-bond acceptors (Lipinski definition) is 5. The molecule has 0 saturated carbocycles. The van der Waals surface area contributed by atoms with E-state index < -0.39 is 5.91 Å². The smallest absolute Gasteiger partial charge is 0.282 e. The molecule has 0 unspecified atom stereocenters. The highest BCUT2D eigenvalue weighted by molar-refractivity contribution is 6.04. The molecule has 0 spiro atoms. The first-order chi connectivity index (χ1) is 15.1. The van der Waals surface area contributed by atoms with Gasteiger partial charge >= 0.3 is 0 Å². The summed E-state index contributed by atoms with van der Waals surface area (Å²) in [5, 5.41) is 17.4. The molecule has 160 valence electrons. The van der Waals surface area contributed by atoms with Crippen LogP contribution >= 0.6 is 0 Å². The van der Waals surface area contributed by atoms with E-state index in [0.717, 1.165) is 36.4 Å². The maximum atomic E-state index is 12.9. The molecule has 0 saturated heterocycles. The Labute approximate surface area is 180 Å². The molecule has 4 aromatic rings. The predicted molar refractivity (Wildman–Crippen MR) is 121 cm³/mol. The number of benzene rings is 2. The molecule has 31 heavy (non-hydrogen) atoms. The van der Waals surface area contributed by atoms with E-state index in [-0.39, 0.29) is 11.4 Å². The van der Waals surface area contributed by atoms with Crippen molar-refractivity contribution in [2.24, 2.45) is 0 Å². The molecule has 2 aromatic heterocycles. The first-order valence-electron chi connectivity index (χ1n) is 10.4. The molecule has 0 atom stereocenters. The molecule has 2 N–H and O–H groups in total. The van der Waals surface area contributed by atoms with Crippen LogP contribution in [0.25, 0.3) is 16.7 Å². The minimum absolute atomic E-state index is 0.0498. The van der Waals surface area contributed by atoms with Crippen molar-refractivity contribution in [1.82, 2.24) is 24.2 Å². The van der Waals surface area contributed by atoms with Gasteiger partial charge in [-0.15, -0.1) is 0 Å². The number of carbonyl (C=O) groups excluding carboxylic acids is 1. The standard InChI is InChI=1S/C23H26N6O2/c1-3-27(4-2)14-15-28-19-13-9-8-12-18(19)24-23(28)25-22(31)21-20(30)16-29(26-21)17-10-6-5-7-11-17/h5-13,16,30H,3-4,14-15H2,1-2H3,(H,24,25,31). The summed E-state index contributed by atoms with van der Waals surface area (Å²) < 4.78 is 3.48. The number of likely N-dealkylation sites (N-methyl/N-ethyl adjacent to an activating group) is 1. The zero-order valence-corrected chi connectivity index (χ0v) is 17.7. The number of nitrogens with one attached hydrogen (secondary N) is 1. The number of aromatic hydroxyl groups is 1. The van der Waals surface area contributed by atoms with E-state index in [1.165, 1.54) is 10.9 Å². The Kier molecular flexibility index (Phi) is 5.99. The van der Waals surface area contributed by atoms with Crippen molar-refractivity contribution in [1.29, 1.82) is 0 Å². The van der Waals surface area contributed by atoms with Crippen LogP contribution < -0.4 is 5.32 Å². The van der Waals surface area contributed by atoms with Crippen LogP contribution in [0.1, 0.15) is 24.3 Å². The highest BCUT2D eigenvalue weighted by atomic mass is 16.3. The van der Waals surface area contributed by atoms with Crippen molar-refractivity contribution < 1.29 is 9.90 Å². The maximum Gasteiger partial charge on any atom is 0.282 e. The molecule has 0 radical (unpaired) electrons. The van der Waals surface area contributed by atoms with Crippen molar-refractivity contribution in [3.8, 4) is 11.4 Å². The van der Waals surface area contributed by atoms with Gasteiger partial charge in [-0.05, 0) is 37.4 Å². The Balaban J connectivity index is 1.62. The zero-order chi connectivity index (χ0) is 21.8. The van der Waals surface area contributed by atoms with E-state index in [2.05, 4.69) is 34.1 Å². The van der Waals surface area contributed by atoms with E-state index >= 15 is 0 Å². The summed E-state index contributed by atoms with van der Waals surface area (Å²) in [5.41, 5.74) is 2.45. The molecule has 0 bridgehead atoms. The lowest BCUT2D eigenvalue weighted by Gasteiger charge is -2.19. The first kappa shape index (κ1) is 20.6. The van der Waals surface area contributed by atoms with Gasteiger partial charge in [-0.3, -0.25) is 10.1 Å². The lowest BCUT2D eigenvalue weighted by atomic mass is 10.3. The fourth-order valence-electron chi connectivity index (χ4n) is 3.58. The second-order valence-corrected chi connectivity index (χ2v) is 7.20. The highest BCUT2D eigenvalue weighted by Crippen LogP contribution is 2.23. The van der Waals surface area contributed by atoms with Gasteiger partial charge in [-0.2, -0.15) is 5.10 Å². The average Bonchev–Trinajstić information content (AvgIpc) is 3.35. The number of rotatable bonds is 8. The van der Waals surface area contributed by atoms with Crippen molar-refractivity contribution in [3.05, 3.63) is 66.5 Å². The number of nitrogens with zero attached hydrogens (tertiary/aromatic N) is 5. The zero-order valence-electron chi connectivity index (χ0n) is 17.7. The summed E-state index contributed by atoms with van der Waals surface area (Å²) in [4.78, 5) is 19.9. The van der Waals surface area contributed by atoms with Crippen LogP contribution in [0, 0.1) is 0 Å². The number of fused-ring (bicyclic) bond motifs is 1.